The number of aryl methyl sites for hydroxylation is 2. The monoisotopic (exact) mass is 410 g/mol. The Hall–Kier alpha value is -1.92. The highest BCUT2D eigenvalue weighted by atomic mass is 32.2. The first-order valence-electron chi connectivity index (χ1n) is 10.9. The maximum atomic E-state index is 12.7. The smallest absolute Gasteiger partial charge is 0.329 e. The third-order valence-electron chi connectivity index (χ3n) is 7.33. The topological polar surface area (TPSA) is 74.5 Å². The van der Waals surface area contributed by atoms with Gasteiger partial charge in [0.1, 0.15) is 5.76 Å². The number of carbonyl (C=O) groups is 1. The fourth-order valence-electron chi connectivity index (χ4n) is 5.99. The van der Waals surface area contributed by atoms with Gasteiger partial charge in [-0.3, -0.25) is 4.72 Å². The van der Waals surface area contributed by atoms with Crippen molar-refractivity contribution in [1.29, 1.82) is 0 Å². The van der Waals surface area contributed by atoms with Crippen LogP contribution in [0.4, 0.5) is 10.5 Å². The van der Waals surface area contributed by atoms with Crippen molar-refractivity contribution >= 4 is 23.7 Å². The van der Waals surface area contributed by atoms with E-state index in [2.05, 4.69) is 16.1 Å². The van der Waals surface area contributed by atoms with Gasteiger partial charge in [-0.1, -0.05) is 6.07 Å². The van der Waals surface area contributed by atoms with Crippen LogP contribution in [0.2, 0.25) is 0 Å². The van der Waals surface area contributed by atoms with Gasteiger partial charge in [-0.05, 0) is 92.0 Å². The lowest BCUT2D eigenvalue weighted by Crippen LogP contribution is -2.24. The molecule has 1 unspecified atom stereocenters. The molecular formula is C23H26N2O3S. The summed E-state index contributed by atoms with van der Waals surface area (Å²) in [6, 6.07) is 4.07. The summed E-state index contributed by atoms with van der Waals surface area (Å²) >= 11 is 1.20. The molecular weight excluding hydrogens is 384 g/mol. The second-order valence-electron chi connectivity index (χ2n) is 8.99. The van der Waals surface area contributed by atoms with Gasteiger partial charge in [-0.25, -0.2) is 4.79 Å². The minimum absolute atomic E-state index is 0.208. The number of furan rings is 1. The van der Waals surface area contributed by atoms with E-state index in [4.69, 9.17) is 4.42 Å². The van der Waals surface area contributed by atoms with E-state index in [1.807, 2.05) is 6.07 Å². The Kier molecular flexibility index (Phi) is 4.20. The van der Waals surface area contributed by atoms with Crippen LogP contribution in [-0.2, 0) is 25.7 Å². The van der Waals surface area contributed by atoms with Crippen LogP contribution in [-0.4, -0.2) is 11.1 Å². The normalized spacial score (nSPS) is 26.2. The molecule has 2 amide bonds. The van der Waals surface area contributed by atoms with E-state index < -0.39 is 6.10 Å². The fourth-order valence-corrected chi connectivity index (χ4v) is 6.56. The van der Waals surface area contributed by atoms with Crippen LogP contribution in [0.1, 0.15) is 77.7 Å². The zero-order chi connectivity index (χ0) is 19.5. The van der Waals surface area contributed by atoms with Crippen molar-refractivity contribution in [1.82, 2.24) is 4.72 Å². The Bertz CT molecular complexity index is 953. The first kappa shape index (κ1) is 17.9. The zero-order valence-electron chi connectivity index (χ0n) is 16.4. The maximum absolute atomic E-state index is 12.7. The number of amides is 2. The molecule has 5 nitrogen and oxygen atoms in total. The summed E-state index contributed by atoms with van der Waals surface area (Å²) in [6.45, 7) is 0. The van der Waals surface area contributed by atoms with Crippen molar-refractivity contribution in [3.05, 3.63) is 45.7 Å². The molecule has 2 aromatic rings. The second-order valence-corrected chi connectivity index (χ2v) is 9.80. The number of hydrogen-bond donors (Lipinski definition) is 3. The molecule has 0 spiro atoms. The van der Waals surface area contributed by atoms with Crippen molar-refractivity contribution in [2.45, 2.75) is 74.9 Å². The minimum Gasteiger partial charge on any atom is -0.452 e. The molecule has 1 aromatic heterocycles. The van der Waals surface area contributed by atoms with Gasteiger partial charge in [0.25, 0.3) is 0 Å². The molecule has 1 saturated carbocycles. The number of rotatable bonds is 3. The minimum atomic E-state index is -0.426. The highest BCUT2D eigenvalue weighted by molar-refractivity contribution is 7.97. The highest BCUT2D eigenvalue weighted by Crippen LogP contribution is 2.52. The van der Waals surface area contributed by atoms with Gasteiger partial charge >= 0.3 is 6.03 Å². The number of aliphatic hydroxyl groups excluding tert-OH is 1. The molecule has 4 aliphatic carbocycles. The Morgan fingerprint density at radius 1 is 1.07 bits per heavy atom. The van der Waals surface area contributed by atoms with Crippen LogP contribution >= 0.6 is 11.9 Å². The van der Waals surface area contributed by atoms with Crippen LogP contribution in [0.3, 0.4) is 0 Å². The molecule has 1 heterocycles. The summed E-state index contributed by atoms with van der Waals surface area (Å²) in [4.78, 5) is 12.7. The van der Waals surface area contributed by atoms with Crippen LogP contribution in [0, 0.1) is 5.92 Å². The molecule has 29 heavy (non-hydrogen) atoms. The first-order chi connectivity index (χ1) is 14.2. The lowest BCUT2D eigenvalue weighted by molar-refractivity contribution is 0.101. The molecule has 3 atom stereocenters. The van der Waals surface area contributed by atoms with Gasteiger partial charge in [0.05, 0.1) is 6.10 Å². The molecule has 0 saturated heterocycles. The molecule has 3 N–H and O–H groups in total. The van der Waals surface area contributed by atoms with E-state index in [0.717, 1.165) is 62.0 Å². The highest BCUT2D eigenvalue weighted by Gasteiger charge is 2.41. The average molecular weight is 411 g/mol. The van der Waals surface area contributed by atoms with Crippen molar-refractivity contribution in [3.8, 4) is 0 Å². The van der Waals surface area contributed by atoms with E-state index in [1.54, 1.807) is 0 Å². The number of hydrogen-bond acceptors (Lipinski definition) is 4. The summed E-state index contributed by atoms with van der Waals surface area (Å²) in [6.07, 6.45) is 9.45. The molecule has 1 fully saturated rings. The third kappa shape index (κ3) is 2.91. The summed E-state index contributed by atoms with van der Waals surface area (Å²) in [7, 11) is 0. The maximum Gasteiger partial charge on any atom is 0.329 e. The number of aliphatic hydroxyl groups is 1. The molecule has 1 aromatic carbocycles. The summed E-state index contributed by atoms with van der Waals surface area (Å²) in [5.74, 6) is 1.72. The van der Waals surface area contributed by atoms with E-state index in [0.29, 0.717) is 16.9 Å². The predicted molar refractivity (Wildman–Crippen MR) is 112 cm³/mol. The number of carbonyl (C=O) groups excluding carboxylic acids is 1. The van der Waals surface area contributed by atoms with Gasteiger partial charge in [0.2, 0.25) is 0 Å². The van der Waals surface area contributed by atoms with Crippen molar-refractivity contribution in [3.63, 3.8) is 0 Å². The number of fused-ring (bicyclic) bond motifs is 6. The van der Waals surface area contributed by atoms with Gasteiger partial charge in [0, 0.05) is 29.1 Å². The zero-order valence-corrected chi connectivity index (χ0v) is 17.2. The number of urea groups is 1. The van der Waals surface area contributed by atoms with Crippen LogP contribution in [0.5, 0.6) is 0 Å². The van der Waals surface area contributed by atoms with Crippen molar-refractivity contribution in [2.75, 3.05) is 5.32 Å². The molecule has 6 heteroatoms. The van der Waals surface area contributed by atoms with Gasteiger partial charge in [0.15, 0.2) is 5.09 Å². The van der Waals surface area contributed by atoms with Gasteiger partial charge in [-0.15, -0.1) is 0 Å². The lowest BCUT2D eigenvalue weighted by Gasteiger charge is -2.23. The average Bonchev–Trinajstić information content (AvgIpc) is 3.50. The molecule has 4 aliphatic rings. The summed E-state index contributed by atoms with van der Waals surface area (Å²) in [5, 5.41) is 14.3. The fraction of sp³-hybridized carbons (Fsp3) is 0.522. The first-order valence-corrected chi connectivity index (χ1v) is 11.7. The second kappa shape index (κ2) is 6.81. The third-order valence-corrected chi connectivity index (χ3v) is 8.02. The van der Waals surface area contributed by atoms with Crippen LogP contribution < -0.4 is 10.0 Å². The summed E-state index contributed by atoms with van der Waals surface area (Å²) < 4.78 is 8.90. The van der Waals surface area contributed by atoms with Gasteiger partial charge < -0.3 is 14.8 Å². The van der Waals surface area contributed by atoms with Gasteiger partial charge in [-0.2, -0.15) is 0 Å². The number of nitrogens with one attached hydrogen (secondary N) is 2. The quantitative estimate of drug-likeness (QED) is 0.622. The Balaban J connectivity index is 1.18. The largest absolute Gasteiger partial charge is 0.452 e. The standard InChI is InChI=1S/C23H26N2O3S/c26-21-14-7-8-15(10-14)22-18(21)11-19(28-22)29-25-23(27)24-20-16-5-1-3-12(16)9-13-4-2-6-17(13)20/h9,11,14-15,21,26H,1-8,10H2,(H2,24,25,27)/t14-,15+,21?/m1/s1. The SMILES string of the molecule is O=C(NSc1cc2c(o1)[C@H]1CC[C@H](C1)C2O)Nc1c2c(cc3c1CCC3)CCC2. The Labute approximate surface area is 174 Å². The molecule has 152 valence electrons. The molecule has 6 rings (SSSR count). The number of benzene rings is 1. The molecule has 0 radical (unpaired) electrons. The van der Waals surface area contributed by atoms with E-state index in [1.165, 1.54) is 47.0 Å². The molecule has 2 bridgehead atoms. The lowest BCUT2D eigenvalue weighted by atomic mass is 9.86. The van der Waals surface area contributed by atoms with E-state index >= 15 is 0 Å². The van der Waals surface area contributed by atoms with Crippen LogP contribution in [0.15, 0.2) is 21.6 Å². The predicted octanol–water partition coefficient (Wildman–Crippen LogP) is 5.02. The number of anilines is 1. The molecule has 0 aliphatic heterocycles. The van der Waals surface area contributed by atoms with E-state index in [-0.39, 0.29) is 6.03 Å². The van der Waals surface area contributed by atoms with E-state index in [9.17, 15) is 9.90 Å². The van der Waals surface area contributed by atoms with Crippen molar-refractivity contribution < 1.29 is 14.3 Å². The Morgan fingerprint density at radius 3 is 2.59 bits per heavy atom. The van der Waals surface area contributed by atoms with Crippen LogP contribution in [0.25, 0.3) is 0 Å². The van der Waals surface area contributed by atoms with Crippen molar-refractivity contribution in [2.24, 2.45) is 5.92 Å². The summed E-state index contributed by atoms with van der Waals surface area (Å²) in [5.41, 5.74) is 7.47. The Morgan fingerprint density at radius 2 is 1.83 bits per heavy atom.